The summed E-state index contributed by atoms with van der Waals surface area (Å²) in [4.78, 5) is 33.6. The third-order valence-corrected chi connectivity index (χ3v) is 4.94. The van der Waals surface area contributed by atoms with Crippen molar-refractivity contribution >= 4 is 34.1 Å². The van der Waals surface area contributed by atoms with Crippen molar-refractivity contribution in [1.82, 2.24) is 14.9 Å². The van der Waals surface area contributed by atoms with E-state index in [4.69, 9.17) is 11.6 Å². The Morgan fingerprint density at radius 1 is 1.28 bits per heavy atom. The lowest BCUT2D eigenvalue weighted by molar-refractivity contribution is 0.184. The Morgan fingerprint density at radius 3 is 2.72 bits per heavy atom. The van der Waals surface area contributed by atoms with Gasteiger partial charge in [-0.3, -0.25) is 9.78 Å². The molecule has 1 aromatic carbocycles. The second-order valence-corrected chi connectivity index (χ2v) is 7.68. The van der Waals surface area contributed by atoms with Crippen molar-refractivity contribution in [2.75, 3.05) is 11.9 Å². The minimum absolute atomic E-state index is 0.0645. The van der Waals surface area contributed by atoms with E-state index in [1.807, 2.05) is 20.8 Å². The van der Waals surface area contributed by atoms with Crippen molar-refractivity contribution in [2.45, 2.75) is 26.8 Å². The van der Waals surface area contributed by atoms with E-state index in [0.717, 1.165) is 10.9 Å². The molecule has 0 spiro atoms. The predicted molar refractivity (Wildman–Crippen MR) is 113 cm³/mol. The van der Waals surface area contributed by atoms with E-state index in [-0.39, 0.29) is 28.6 Å². The fourth-order valence-corrected chi connectivity index (χ4v) is 3.40. The zero-order chi connectivity index (χ0) is 21.1. The molecule has 3 rings (SSSR count). The quantitative estimate of drug-likeness (QED) is 0.616. The molecule has 0 aliphatic rings. The first kappa shape index (κ1) is 20.8. The first-order valence-electron chi connectivity index (χ1n) is 9.26. The van der Waals surface area contributed by atoms with Gasteiger partial charge >= 0.3 is 6.03 Å². The summed E-state index contributed by atoms with van der Waals surface area (Å²) in [6.07, 6.45) is 4.76. The number of hydrogen-bond donors (Lipinski definition) is 2. The molecule has 29 heavy (non-hydrogen) atoms. The molecule has 3 aromatic rings. The molecule has 0 radical (unpaired) electrons. The van der Waals surface area contributed by atoms with Crippen LogP contribution in [0.15, 0.2) is 47.7 Å². The lowest BCUT2D eigenvalue weighted by atomic mass is 10.0. The standard InChI is InChI=1S/C21H22ClFN4O2/c1-12(2)11-27(21(29)26-14-4-5-19(23)18(22)8-14)13(3)16-10-25-20(28)17-9-24-7-6-15(16)17/h4-10,12-13H,11H2,1-3H3,(H,25,28)(H,26,29)/t13-/m0/s1. The number of hydrogen-bond acceptors (Lipinski definition) is 3. The van der Waals surface area contributed by atoms with Crippen LogP contribution in [0.3, 0.4) is 0 Å². The molecule has 0 unspecified atom stereocenters. The molecule has 2 N–H and O–H groups in total. The second-order valence-electron chi connectivity index (χ2n) is 7.28. The molecule has 2 amide bonds. The molecular weight excluding hydrogens is 395 g/mol. The van der Waals surface area contributed by atoms with Crippen LogP contribution in [-0.4, -0.2) is 27.4 Å². The third-order valence-electron chi connectivity index (χ3n) is 4.65. The Balaban J connectivity index is 1.96. The normalized spacial score (nSPS) is 12.2. The van der Waals surface area contributed by atoms with Gasteiger partial charge in [0.25, 0.3) is 5.56 Å². The number of pyridine rings is 2. The first-order valence-corrected chi connectivity index (χ1v) is 9.63. The molecule has 2 aromatic heterocycles. The van der Waals surface area contributed by atoms with Gasteiger partial charge in [-0.15, -0.1) is 0 Å². The minimum atomic E-state index is -0.551. The van der Waals surface area contributed by atoms with E-state index in [1.165, 1.54) is 24.4 Å². The van der Waals surface area contributed by atoms with Gasteiger partial charge in [0.1, 0.15) is 5.82 Å². The van der Waals surface area contributed by atoms with Crippen LogP contribution in [0.1, 0.15) is 32.4 Å². The monoisotopic (exact) mass is 416 g/mol. The van der Waals surface area contributed by atoms with Crippen LogP contribution in [0.5, 0.6) is 0 Å². The summed E-state index contributed by atoms with van der Waals surface area (Å²) in [7, 11) is 0. The van der Waals surface area contributed by atoms with Crippen molar-refractivity contribution in [3.63, 3.8) is 0 Å². The summed E-state index contributed by atoms with van der Waals surface area (Å²) in [5, 5.41) is 3.92. The highest BCUT2D eigenvalue weighted by molar-refractivity contribution is 6.31. The highest BCUT2D eigenvalue weighted by Crippen LogP contribution is 2.27. The van der Waals surface area contributed by atoms with Crippen molar-refractivity contribution in [2.24, 2.45) is 5.92 Å². The molecule has 2 heterocycles. The van der Waals surface area contributed by atoms with E-state index in [0.29, 0.717) is 17.6 Å². The fraction of sp³-hybridized carbons (Fsp3) is 0.286. The molecule has 0 fully saturated rings. The number of halogens is 2. The van der Waals surface area contributed by atoms with Gasteiger partial charge in [0.15, 0.2) is 0 Å². The summed E-state index contributed by atoms with van der Waals surface area (Å²) in [5.41, 5.74) is 0.970. The van der Waals surface area contributed by atoms with Crippen molar-refractivity contribution < 1.29 is 9.18 Å². The van der Waals surface area contributed by atoms with Gasteiger partial charge in [-0.1, -0.05) is 25.4 Å². The van der Waals surface area contributed by atoms with E-state index >= 15 is 0 Å². The summed E-state index contributed by atoms with van der Waals surface area (Å²) >= 11 is 5.82. The maximum Gasteiger partial charge on any atom is 0.322 e. The predicted octanol–water partition coefficient (Wildman–Crippen LogP) is 4.97. The van der Waals surface area contributed by atoms with Crippen LogP contribution in [0, 0.1) is 11.7 Å². The number of amides is 2. The summed E-state index contributed by atoms with van der Waals surface area (Å²) < 4.78 is 13.4. The summed E-state index contributed by atoms with van der Waals surface area (Å²) in [6, 6.07) is 5.11. The van der Waals surface area contributed by atoms with E-state index < -0.39 is 5.82 Å². The van der Waals surface area contributed by atoms with Crippen LogP contribution in [0.4, 0.5) is 14.9 Å². The molecular formula is C21H22ClFN4O2. The smallest absolute Gasteiger partial charge is 0.322 e. The molecule has 0 bridgehead atoms. The first-order chi connectivity index (χ1) is 13.8. The Hall–Kier alpha value is -2.93. The lowest BCUT2D eigenvalue weighted by Crippen LogP contribution is -2.39. The molecule has 0 saturated heterocycles. The minimum Gasteiger partial charge on any atom is -0.328 e. The van der Waals surface area contributed by atoms with Crippen LogP contribution in [0.25, 0.3) is 10.8 Å². The van der Waals surface area contributed by atoms with Crippen molar-refractivity contribution in [3.05, 3.63) is 69.6 Å². The Morgan fingerprint density at radius 2 is 2.03 bits per heavy atom. The highest BCUT2D eigenvalue weighted by atomic mass is 35.5. The number of aromatic amines is 1. The number of aromatic nitrogens is 2. The zero-order valence-corrected chi connectivity index (χ0v) is 17.1. The number of fused-ring (bicyclic) bond motifs is 1. The Labute approximate surface area is 172 Å². The van der Waals surface area contributed by atoms with Gasteiger partial charge in [-0.2, -0.15) is 0 Å². The maximum absolute atomic E-state index is 13.4. The van der Waals surface area contributed by atoms with Gasteiger partial charge in [0.2, 0.25) is 0 Å². The lowest BCUT2D eigenvalue weighted by Gasteiger charge is -2.31. The molecule has 6 nitrogen and oxygen atoms in total. The van der Waals surface area contributed by atoms with Crippen molar-refractivity contribution in [1.29, 1.82) is 0 Å². The van der Waals surface area contributed by atoms with Gasteiger partial charge in [-0.25, -0.2) is 9.18 Å². The number of carbonyl (C=O) groups excluding carboxylic acids is 1. The molecule has 1 atom stereocenters. The van der Waals surface area contributed by atoms with Gasteiger partial charge in [0.05, 0.1) is 16.5 Å². The van der Waals surface area contributed by atoms with Gasteiger partial charge < -0.3 is 15.2 Å². The third kappa shape index (κ3) is 4.56. The molecule has 0 aliphatic carbocycles. The SMILES string of the molecule is CC(C)CN(C(=O)Nc1ccc(F)c(Cl)c1)[C@@H](C)c1c[nH]c(=O)c2cnccc12. The zero-order valence-electron chi connectivity index (χ0n) is 16.4. The van der Waals surface area contributed by atoms with Crippen LogP contribution in [0.2, 0.25) is 5.02 Å². The van der Waals surface area contributed by atoms with Gasteiger partial charge in [-0.05, 0) is 48.1 Å². The number of nitrogens with one attached hydrogen (secondary N) is 2. The maximum atomic E-state index is 13.4. The van der Waals surface area contributed by atoms with E-state index in [2.05, 4.69) is 15.3 Å². The number of rotatable bonds is 5. The fourth-order valence-electron chi connectivity index (χ4n) is 3.22. The average Bonchev–Trinajstić information content (AvgIpc) is 2.69. The molecule has 152 valence electrons. The summed E-state index contributed by atoms with van der Waals surface area (Å²) in [5.74, 6) is -0.346. The highest BCUT2D eigenvalue weighted by Gasteiger charge is 2.24. The molecule has 0 saturated carbocycles. The number of nitrogens with zero attached hydrogens (tertiary/aromatic N) is 2. The number of H-pyrrole nitrogens is 1. The molecule has 0 aliphatic heterocycles. The largest absolute Gasteiger partial charge is 0.328 e. The topological polar surface area (TPSA) is 78.1 Å². The number of urea groups is 1. The number of benzene rings is 1. The number of anilines is 1. The summed E-state index contributed by atoms with van der Waals surface area (Å²) in [6.45, 7) is 6.40. The second kappa shape index (κ2) is 8.61. The van der Waals surface area contributed by atoms with E-state index in [1.54, 1.807) is 23.4 Å². The Kier molecular flexibility index (Phi) is 6.17. The number of carbonyl (C=O) groups is 1. The molecule has 8 heteroatoms. The van der Waals surface area contributed by atoms with E-state index in [9.17, 15) is 14.0 Å². The average molecular weight is 417 g/mol. The van der Waals surface area contributed by atoms with Gasteiger partial charge in [0, 0.05) is 30.8 Å². The Bertz CT molecular complexity index is 1100. The van der Waals surface area contributed by atoms with Crippen LogP contribution >= 0.6 is 11.6 Å². The van der Waals surface area contributed by atoms with Crippen molar-refractivity contribution in [3.8, 4) is 0 Å². The van der Waals surface area contributed by atoms with Crippen LogP contribution in [-0.2, 0) is 0 Å². The van der Waals surface area contributed by atoms with Crippen LogP contribution < -0.4 is 10.9 Å².